The molecule has 1 heterocycles. The largest absolute Gasteiger partial charge is 0.416 e. The molecule has 0 atom stereocenters. The fourth-order valence-electron chi connectivity index (χ4n) is 2.24. The lowest BCUT2D eigenvalue weighted by Gasteiger charge is -2.31. The van der Waals surface area contributed by atoms with Crippen LogP contribution in [-0.2, 0) is 11.0 Å². The summed E-state index contributed by atoms with van der Waals surface area (Å²) in [7, 11) is 1.98. The molecule has 0 radical (unpaired) electrons. The van der Waals surface area contributed by atoms with Gasteiger partial charge >= 0.3 is 6.18 Å². The van der Waals surface area contributed by atoms with E-state index in [0.717, 1.165) is 25.2 Å². The Bertz CT molecular complexity index is 671. The summed E-state index contributed by atoms with van der Waals surface area (Å²) in [5.74, 6) is -0.726. The standard InChI is InChI=1S/C16H17F3N4O/c1-22-5-7-23(8-6-22)11-12(10-20)15(24)21-14-4-2-3-13(9-14)16(17,18)19/h2-4,9,11H,5-8H2,1H3,(H,21,24)/b12-11-. The van der Waals surface area contributed by atoms with Gasteiger partial charge in [0.15, 0.2) is 0 Å². The predicted molar refractivity (Wildman–Crippen MR) is 82.8 cm³/mol. The van der Waals surface area contributed by atoms with Crippen LogP contribution in [0.25, 0.3) is 0 Å². The summed E-state index contributed by atoms with van der Waals surface area (Å²) in [6.07, 6.45) is -3.04. The Labute approximate surface area is 138 Å². The van der Waals surface area contributed by atoms with Gasteiger partial charge in [0.05, 0.1) is 5.56 Å². The predicted octanol–water partition coefficient (Wildman–Crippen LogP) is 2.30. The number of halogens is 3. The second-order valence-electron chi connectivity index (χ2n) is 5.53. The van der Waals surface area contributed by atoms with Gasteiger partial charge in [-0.1, -0.05) is 6.07 Å². The average molecular weight is 338 g/mol. The molecule has 0 aromatic heterocycles. The Morgan fingerprint density at radius 3 is 2.54 bits per heavy atom. The SMILES string of the molecule is CN1CCN(/C=C(/C#N)C(=O)Nc2cccc(C(F)(F)F)c2)CC1. The van der Waals surface area contributed by atoms with Gasteiger partial charge in [0.2, 0.25) is 0 Å². The number of hydrogen-bond acceptors (Lipinski definition) is 4. The first-order valence-corrected chi connectivity index (χ1v) is 7.33. The highest BCUT2D eigenvalue weighted by molar-refractivity contribution is 6.06. The van der Waals surface area contributed by atoms with Gasteiger partial charge in [-0.25, -0.2) is 0 Å². The van der Waals surface area contributed by atoms with Crippen LogP contribution >= 0.6 is 0 Å². The zero-order chi connectivity index (χ0) is 17.7. The summed E-state index contributed by atoms with van der Waals surface area (Å²) in [4.78, 5) is 16.1. The summed E-state index contributed by atoms with van der Waals surface area (Å²) in [6.45, 7) is 2.98. The number of nitrogens with zero attached hydrogens (tertiary/aromatic N) is 3. The number of carbonyl (C=O) groups is 1. The van der Waals surface area contributed by atoms with E-state index in [1.54, 1.807) is 6.07 Å². The van der Waals surface area contributed by atoms with Crippen LogP contribution in [0.4, 0.5) is 18.9 Å². The second kappa shape index (κ2) is 7.36. The topological polar surface area (TPSA) is 59.4 Å². The van der Waals surface area contributed by atoms with E-state index >= 15 is 0 Å². The van der Waals surface area contributed by atoms with Crippen molar-refractivity contribution in [1.82, 2.24) is 9.80 Å². The van der Waals surface area contributed by atoms with Crippen LogP contribution in [0.1, 0.15) is 5.56 Å². The zero-order valence-electron chi connectivity index (χ0n) is 13.1. The monoisotopic (exact) mass is 338 g/mol. The lowest BCUT2D eigenvalue weighted by Crippen LogP contribution is -2.42. The highest BCUT2D eigenvalue weighted by Crippen LogP contribution is 2.30. The summed E-state index contributed by atoms with van der Waals surface area (Å²) in [5.41, 5.74) is -1.01. The molecule has 1 N–H and O–H groups in total. The molecular weight excluding hydrogens is 321 g/mol. The molecule has 0 bridgehead atoms. The number of nitrogens with one attached hydrogen (secondary N) is 1. The summed E-state index contributed by atoms with van der Waals surface area (Å²) in [6, 6.07) is 6.10. The molecule has 0 unspecified atom stereocenters. The molecule has 0 saturated carbocycles. The van der Waals surface area contributed by atoms with Crippen molar-refractivity contribution in [3.05, 3.63) is 41.6 Å². The third-order valence-corrected chi connectivity index (χ3v) is 3.66. The minimum Gasteiger partial charge on any atom is -0.374 e. The van der Waals surface area contributed by atoms with Gasteiger partial charge < -0.3 is 15.1 Å². The van der Waals surface area contributed by atoms with Crippen LogP contribution in [0, 0.1) is 11.3 Å². The molecule has 1 amide bonds. The van der Waals surface area contributed by atoms with E-state index < -0.39 is 17.6 Å². The highest BCUT2D eigenvalue weighted by atomic mass is 19.4. The molecule has 8 heteroatoms. The Hall–Kier alpha value is -2.53. The Morgan fingerprint density at radius 1 is 1.29 bits per heavy atom. The molecule has 0 spiro atoms. The molecule has 1 aliphatic heterocycles. The highest BCUT2D eigenvalue weighted by Gasteiger charge is 2.30. The number of rotatable bonds is 3. The quantitative estimate of drug-likeness (QED) is 0.679. The van der Waals surface area contributed by atoms with Crippen molar-refractivity contribution in [2.24, 2.45) is 0 Å². The molecule has 1 aromatic carbocycles. The average Bonchev–Trinajstić information content (AvgIpc) is 2.53. The molecule has 128 valence electrons. The molecule has 0 aliphatic carbocycles. The van der Waals surface area contributed by atoms with Crippen LogP contribution in [0.15, 0.2) is 36.0 Å². The first-order valence-electron chi connectivity index (χ1n) is 7.33. The van der Waals surface area contributed by atoms with Gasteiger partial charge in [-0.2, -0.15) is 18.4 Å². The molecule has 1 aromatic rings. The van der Waals surface area contributed by atoms with Crippen LogP contribution in [0.3, 0.4) is 0 Å². The van der Waals surface area contributed by atoms with Crippen LogP contribution in [-0.4, -0.2) is 48.9 Å². The van der Waals surface area contributed by atoms with Crippen molar-refractivity contribution in [3.63, 3.8) is 0 Å². The molecule has 5 nitrogen and oxygen atoms in total. The van der Waals surface area contributed by atoms with Crippen molar-refractivity contribution < 1.29 is 18.0 Å². The lowest BCUT2D eigenvalue weighted by molar-refractivity contribution is -0.137. The molecule has 1 aliphatic rings. The van der Waals surface area contributed by atoms with Gasteiger partial charge in [-0.3, -0.25) is 4.79 Å². The van der Waals surface area contributed by atoms with E-state index in [-0.39, 0.29) is 11.3 Å². The number of alkyl halides is 3. The minimum atomic E-state index is -4.49. The first kappa shape index (κ1) is 17.8. The number of amides is 1. The molecule has 2 rings (SSSR count). The van der Waals surface area contributed by atoms with Crippen LogP contribution < -0.4 is 5.32 Å². The fourth-order valence-corrected chi connectivity index (χ4v) is 2.24. The number of hydrogen-bond donors (Lipinski definition) is 1. The van der Waals surface area contributed by atoms with E-state index in [1.807, 2.05) is 11.9 Å². The Kier molecular flexibility index (Phi) is 5.46. The maximum atomic E-state index is 12.7. The third kappa shape index (κ3) is 4.73. The van der Waals surface area contributed by atoms with E-state index in [0.29, 0.717) is 13.1 Å². The van der Waals surface area contributed by atoms with Crippen molar-refractivity contribution in [2.75, 3.05) is 38.5 Å². The van der Waals surface area contributed by atoms with E-state index in [2.05, 4.69) is 10.2 Å². The van der Waals surface area contributed by atoms with Gasteiger partial charge in [0, 0.05) is 38.1 Å². The number of piperazine rings is 1. The second-order valence-corrected chi connectivity index (χ2v) is 5.53. The maximum Gasteiger partial charge on any atom is 0.416 e. The van der Waals surface area contributed by atoms with Gasteiger partial charge in [0.25, 0.3) is 5.91 Å². The Balaban J connectivity index is 2.09. The van der Waals surface area contributed by atoms with E-state index in [4.69, 9.17) is 5.26 Å². The van der Waals surface area contributed by atoms with Gasteiger partial charge in [0.1, 0.15) is 11.6 Å². The van der Waals surface area contributed by atoms with Crippen molar-refractivity contribution >= 4 is 11.6 Å². The number of carbonyl (C=O) groups excluding carboxylic acids is 1. The third-order valence-electron chi connectivity index (χ3n) is 3.66. The van der Waals surface area contributed by atoms with Gasteiger partial charge in [-0.05, 0) is 25.2 Å². The number of anilines is 1. The normalized spacial score (nSPS) is 16.6. The van der Waals surface area contributed by atoms with Crippen LogP contribution in [0.5, 0.6) is 0 Å². The Morgan fingerprint density at radius 2 is 1.96 bits per heavy atom. The molecule has 1 saturated heterocycles. The van der Waals surface area contributed by atoms with Crippen LogP contribution in [0.2, 0.25) is 0 Å². The zero-order valence-corrected chi connectivity index (χ0v) is 13.1. The maximum absolute atomic E-state index is 12.7. The lowest BCUT2D eigenvalue weighted by atomic mass is 10.2. The van der Waals surface area contributed by atoms with Crippen molar-refractivity contribution in [2.45, 2.75) is 6.18 Å². The number of nitriles is 1. The first-order chi connectivity index (χ1) is 11.3. The smallest absolute Gasteiger partial charge is 0.374 e. The summed E-state index contributed by atoms with van der Waals surface area (Å²) < 4.78 is 38.1. The molecular formula is C16H17F3N4O. The minimum absolute atomic E-state index is 0.00523. The molecule has 24 heavy (non-hydrogen) atoms. The number of benzene rings is 1. The number of likely N-dealkylation sites (N-methyl/N-ethyl adjacent to an activating group) is 1. The molecule has 1 fully saturated rings. The van der Waals surface area contributed by atoms with Crippen molar-refractivity contribution in [1.29, 1.82) is 5.26 Å². The van der Waals surface area contributed by atoms with E-state index in [1.165, 1.54) is 18.3 Å². The summed E-state index contributed by atoms with van der Waals surface area (Å²) in [5, 5.41) is 11.5. The van der Waals surface area contributed by atoms with Gasteiger partial charge in [-0.15, -0.1) is 0 Å². The van der Waals surface area contributed by atoms with Crippen molar-refractivity contribution in [3.8, 4) is 6.07 Å². The summed E-state index contributed by atoms with van der Waals surface area (Å²) >= 11 is 0. The fraction of sp³-hybridized carbons (Fsp3) is 0.375. The van der Waals surface area contributed by atoms with E-state index in [9.17, 15) is 18.0 Å².